The van der Waals surface area contributed by atoms with Gasteiger partial charge in [0.1, 0.15) is 11.5 Å². The summed E-state index contributed by atoms with van der Waals surface area (Å²) in [7, 11) is 0. The van der Waals surface area contributed by atoms with Gasteiger partial charge in [-0.15, -0.1) is 0 Å². The van der Waals surface area contributed by atoms with Gasteiger partial charge in [-0.1, -0.05) is 29.8 Å². The highest BCUT2D eigenvalue weighted by molar-refractivity contribution is 5.78. The summed E-state index contributed by atoms with van der Waals surface area (Å²) < 4.78 is 11.5. The van der Waals surface area contributed by atoms with Crippen molar-refractivity contribution in [3.8, 4) is 11.5 Å². The Balaban J connectivity index is 1.49. The summed E-state index contributed by atoms with van der Waals surface area (Å²) in [6, 6.07) is 10.2. The Morgan fingerprint density at radius 1 is 1.17 bits per heavy atom. The maximum Gasteiger partial charge on any atom is 0.224 e. The summed E-state index contributed by atoms with van der Waals surface area (Å²) in [6.45, 7) is 3.96. The topological polar surface area (TPSA) is 47.6 Å². The average molecular weight is 323 g/mol. The molecule has 4 nitrogen and oxygen atoms in total. The molecule has 4 rings (SSSR count). The largest absolute Gasteiger partial charge is 0.493 e. The Bertz CT molecular complexity index is 765. The van der Waals surface area contributed by atoms with Crippen molar-refractivity contribution in [3.05, 3.63) is 58.1 Å². The van der Waals surface area contributed by atoms with Crippen LogP contribution in [0.5, 0.6) is 11.5 Å². The number of hydrogen-bond acceptors (Lipinski definition) is 3. The molecule has 2 aliphatic heterocycles. The van der Waals surface area contributed by atoms with Gasteiger partial charge >= 0.3 is 0 Å². The van der Waals surface area contributed by atoms with Gasteiger partial charge in [0.25, 0.3) is 0 Å². The molecule has 124 valence electrons. The number of carbonyl (C=O) groups excluding carboxylic acids is 1. The number of rotatable bonds is 4. The predicted molar refractivity (Wildman–Crippen MR) is 91.6 cm³/mol. The fraction of sp³-hybridized carbons (Fsp3) is 0.350. The number of nitrogens with one attached hydrogen (secondary N) is 1. The van der Waals surface area contributed by atoms with Gasteiger partial charge < -0.3 is 14.8 Å². The van der Waals surface area contributed by atoms with Crippen LogP contribution in [-0.2, 0) is 30.6 Å². The van der Waals surface area contributed by atoms with Crippen molar-refractivity contribution in [2.24, 2.45) is 0 Å². The van der Waals surface area contributed by atoms with Gasteiger partial charge in [-0.05, 0) is 18.6 Å². The monoisotopic (exact) mass is 323 g/mol. The lowest BCUT2D eigenvalue weighted by atomic mass is 9.99. The molecule has 0 fully saturated rings. The van der Waals surface area contributed by atoms with Crippen molar-refractivity contribution in [1.29, 1.82) is 0 Å². The summed E-state index contributed by atoms with van der Waals surface area (Å²) in [5.41, 5.74) is 5.68. The number of carbonyl (C=O) groups is 1. The minimum atomic E-state index is 0.0314. The summed E-state index contributed by atoms with van der Waals surface area (Å²) in [5, 5.41) is 3.05. The number of benzene rings is 2. The molecule has 0 saturated carbocycles. The number of ether oxygens (including phenoxy) is 2. The first-order chi connectivity index (χ1) is 11.7. The molecule has 0 saturated heterocycles. The molecule has 2 aromatic carbocycles. The lowest BCUT2D eigenvalue weighted by Gasteiger charge is -2.14. The summed E-state index contributed by atoms with van der Waals surface area (Å²) in [4.78, 5) is 12.3. The number of hydrogen-bond donors (Lipinski definition) is 1. The quantitative estimate of drug-likeness (QED) is 0.941. The van der Waals surface area contributed by atoms with Crippen LogP contribution in [0.25, 0.3) is 0 Å². The second-order valence-corrected chi connectivity index (χ2v) is 6.46. The first kappa shape index (κ1) is 15.1. The summed E-state index contributed by atoms with van der Waals surface area (Å²) in [5.74, 6) is 1.95. The van der Waals surface area contributed by atoms with E-state index in [1.54, 1.807) is 0 Å². The van der Waals surface area contributed by atoms with E-state index in [1.165, 1.54) is 16.7 Å². The normalized spacial score (nSPS) is 14.5. The van der Waals surface area contributed by atoms with E-state index >= 15 is 0 Å². The molecule has 0 aliphatic carbocycles. The molecule has 0 radical (unpaired) electrons. The van der Waals surface area contributed by atoms with Crippen LogP contribution < -0.4 is 14.8 Å². The molecule has 4 heteroatoms. The molecule has 0 atom stereocenters. The second-order valence-electron chi connectivity index (χ2n) is 6.46. The minimum Gasteiger partial charge on any atom is -0.493 e. The van der Waals surface area contributed by atoms with Crippen LogP contribution in [-0.4, -0.2) is 19.1 Å². The van der Waals surface area contributed by atoms with E-state index in [4.69, 9.17) is 9.47 Å². The van der Waals surface area contributed by atoms with Crippen molar-refractivity contribution in [2.45, 2.75) is 32.7 Å². The van der Waals surface area contributed by atoms with Crippen molar-refractivity contribution in [3.63, 3.8) is 0 Å². The highest BCUT2D eigenvalue weighted by Gasteiger charge is 2.26. The molecular formula is C20H21NO3. The number of amides is 1. The second kappa shape index (κ2) is 6.19. The molecule has 0 unspecified atom stereocenters. The smallest absolute Gasteiger partial charge is 0.224 e. The van der Waals surface area contributed by atoms with E-state index < -0.39 is 0 Å². The Morgan fingerprint density at radius 3 is 2.92 bits per heavy atom. The molecule has 1 N–H and O–H groups in total. The van der Waals surface area contributed by atoms with Crippen LogP contribution >= 0.6 is 0 Å². The third kappa shape index (κ3) is 2.84. The maximum absolute atomic E-state index is 12.3. The predicted octanol–water partition coefficient (Wildman–Crippen LogP) is 2.72. The van der Waals surface area contributed by atoms with Crippen LogP contribution in [0.3, 0.4) is 0 Å². The van der Waals surface area contributed by atoms with E-state index in [9.17, 15) is 4.79 Å². The third-order valence-corrected chi connectivity index (χ3v) is 4.67. The van der Waals surface area contributed by atoms with Crippen LogP contribution in [0, 0.1) is 6.92 Å². The molecule has 24 heavy (non-hydrogen) atoms. The zero-order chi connectivity index (χ0) is 16.5. The Kier molecular flexibility index (Phi) is 3.89. The number of fused-ring (bicyclic) bond motifs is 2. The van der Waals surface area contributed by atoms with Crippen LogP contribution in [0.15, 0.2) is 30.3 Å². The van der Waals surface area contributed by atoms with Crippen molar-refractivity contribution >= 4 is 5.91 Å². The Labute approximate surface area is 141 Å². The van der Waals surface area contributed by atoms with Gasteiger partial charge in [-0.3, -0.25) is 4.79 Å². The van der Waals surface area contributed by atoms with Gasteiger partial charge in [0.2, 0.25) is 5.91 Å². The lowest BCUT2D eigenvalue weighted by molar-refractivity contribution is -0.120. The fourth-order valence-corrected chi connectivity index (χ4v) is 3.53. The number of aryl methyl sites for hydroxylation is 1. The molecule has 2 aliphatic rings. The third-order valence-electron chi connectivity index (χ3n) is 4.67. The van der Waals surface area contributed by atoms with E-state index in [0.29, 0.717) is 26.2 Å². The van der Waals surface area contributed by atoms with E-state index in [0.717, 1.165) is 35.5 Å². The molecule has 2 aromatic rings. The van der Waals surface area contributed by atoms with Crippen LogP contribution in [0.4, 0.5) is 0 Å². The zero-order valence-corrected chi connectivity index (χ0v) is 13.9. The standard InChI is InChI=1S/C20H21NO3/c1-13-3-2-4-14(9-13)10-19(22)21-12-17-16-6-8-23-18(16)11-15-5-7-24-20(15)17/h2-4,9,11H,5-8,10,12H2,1H3,(H,21,22). The van der Waals surface area contributed by atoms with E-state index in [1.807, 2.05) is 25.1 Å². The Hall–Kier alpha value is -2.49. The van der Waals surface area contributed by atoms with E-state index in [-0.39, 0.29) is 5.91 Å². The molecule has 1 amide bonds. The van der Waals surface area contributed by atoms with Crippen LogP contribution in [0.2, 0.25) is 0 Å². The zero-order valence-electron chi connectivity index (χ0n) is 13.9. The molecule has 0 spiro atoms. The fourth-order valence-electron chi connectivity index (χ4n) is 3.53. The summed E-state index contributed by atoms with van der Waals surface area (Å²) >= 11 is 0. The SMILES string of the molecule is Cc1cccc(CC(=O)NCc2c3c(cc4c2OCC4)OCC3)c1. The maximum atomic E-state index is 12.3. The highest BCUT2D eigenvalue weighted by Crippen LogP contribution is 2.40. The molecule has 0 aromatic heterocycles. The van der Waals surface area contributed by atoms with Crippen molar-refractivity contribution in [2.75, 3.05) is 13.2 Å². The first-order valence-electron chi connectivity index (χ1n) is 8.46. The first-order valence-corrected chi connectivity index (χ1v) is 8.46. The molecular weight excluding hydrogens is 302 g/mol. The van der Waals surface area contributed by atoms with Crippen LogP contribution in [0.1, 0.15) is 27.8 Å². The molecule has 2 heterocycles. The van der Waals surface area contributed by atoms with Gasteiger partial charge in [0.05, 0.1) is 19.6 Å². The van der Waals surface area contributed by atoms with Gasteiger partial charge in [-0.2, -0.15) is 0 Å². The van der Waals surface area contributed by atoms with E-state index in [2.05, 4.69) is 17.4 Å². The Morgan fingerprint density at radius 2 is 2.04 bits per heavy atom. The average Bonchev–Trinajstić information content (AvgIpc) is 3.20. The van der Waals surface area contributed by atoms with Gasteiger partial charge in [-0.25, -0.2) is 0 Å². The van der Waals surface area contributed by atoms with Crippen molar-refractivity contribution in [1.82, 2.24) is 5.32 Å². The lowest BCUT2D eigenvalue weighted by Crippen LogP contribution is -2.25. The minimum absolute atomic E-state index is 0.0314. The summed E-state index contributed by atoms with van der Waals surface area (Å²) in [6.07, 6.45) is 2.20. The van der Waals surface area contributed by atoms with Crippen molar-refractivity contribution < 1.29 is 14.3 Å². The van der Waals surface area contributed by atoms with Gasteiger partial charge in [0.15, 0.2) is 0 Å². The highest BCUT2D eigenvalue weighted by atomic mass is 16.5. The van der Waals surface area contributed by atoms with Gasteiger partial charge in [0, 0.05) is 36.1 Å². The molecule has 0 bridgehead atoms.